The van der Waals surface area contributed by atoms with Gasteiger partial charge in [0, 0.05) is 11.0 Å². The molecule has 6 atom stereocenters. The van der Waals surface area contributed by atoms with E-state index >= 15 is 0 Å². The second-order valence-electron chi connectivity index (χ2n) is 8.56. The van der Waals surface area contributed by atoms with Crippen molar-refractivity contribution in [1.82, 2.24) is 0 Å². The monoisotopic (exact) mass is 336 g/mol. The fourth-order valence-electron chi connectivity index (χ4n) is 5.08. The lowest BCUT2D eigenvalue weighted by atomic mass is 9.45. The van der Waals surface area contributed by atoms with Gasteiger partial charge in [0.25, 0.3) is 0 Å². The van der Waals surface area contributed by atoms with Gasteiger partial charge in [-0.3, -0.25) is 0 Å². The van der Waals surface area contributed by atoms with Crippen LogP contribution in [-0.2, 0) is 4.79 Å². The van der Waals surface area contributed by atoms with Crippen LogP contribution in [0.4, 0.5) is 0 Å². The molecular weight excluding hydrogens is 304 g/mol. The molecule has 0 aliphatic heterocycles. The van der Waals surface area contributed by atoms with Crippen molar-refractivity contribution >= 4 is 5.97 Å². The lowest BCUT2D eigenvalue weighted by Gasteiger charge is -2.59. The van der Waals surface area contributed by atoms with Crippen molar-refractivity contribution < 1.29 is 20.1 Å². The van der Waals surface area contributed by atoms with Gasteiger partial charge in [0.2, 0.25) is 0 Å². The van der Waals surface area contributed by atoms with E-state index in [4.69, 9.17) is 0 Å². The number of aliphatic carboxylic acids is 1. The Bertz CT molecular complexity index is 550. The highest BCUT2D eigenvalue weighted by molar-refractivity contribution is 5.88. The summed E-state index contributed by atoms with van der Waals surface area (Å²) in [5, 5.41) is 30.8. The van der Waals surface area contributed by atoms with Crippen LogP contribution in [0.2, 0.25) is 0 Å². The van der Waals surface area contributed by atoms with E-state index in [2.05, 4.69) is 20.4 Å². The normalized spacial score (nSPS) is 41.8. The van der Waals surface area contributed by atoms with E-state index in [9.17, 15) is 20.1 Å². The molecule has 24 heavy (non-hydrogen) atoms. The first-order valence-electron chi connectivity index (χ1n) is 8.97. The Balaban J connectivity index is 2.41. The Morgan fingerprint density at radius 2 is 2.12 bits per heavy atom. The number of rotatable bonds is 5. The Morgan fingerprint density at radius 1 is 1.50 bits per heavy atom. The molecule has 2 aliphatic rings. The molecule has 0 radical (unpaired) electrons. The molecular formula is C20H32O4. The van der Waals surface area contributed by atoms with Crippen molar-refractivity contribution in [3.8, 4) is 0 Å². The first kappa shape index (κ1) is 19.2. The summed E-state index contributed by atoms with van der Waals surface area (Å²) < 4.78 is 0. The molecule has 1 saturated carbocycles. The molecule has 2 rings (SSSR count). The predicted molar refractivity (Wildman–Crippen MR) is 94.5 cm³/mol. The van der Waals surface area contributed by atoms with E-state index in [0.29, 0.717) is 18.4 Å². The maximum atomic E-state index is 11.8. The van der Waals surface area contributed by atoms with E-state index in [1.807, 2.05) is 6.92 Å². The van der Waals surface area contributed by atoms with Crippen molar-refractivity contribution in [3.05, 3.63) is 24.3 Å². The Kier molecular flexibility index (Phi) is 5.04. The molecule has 0 heterocycles. The number of carbonyl (C=O) groups is 1. The van der Waals surface area contributed by atoms with Gasteiger partial charge in [-0.2, -0.15) is 0 Å². The van der Waals surface area contributed by atoms with E-state index in [1.54, 1.807) is 19.1 Å². The second-order valence-corrected chi connectivity index (χ2v) is 8.56. The van der Waals surface area contributed by atoms with Crippen LogP contribution in [-0.4, -0.2) is 33.0 Å². The maximum absolute atomic E-state index is 11.8. The van der Waals surface area contributed by atoms with Gasteiger partial charge in [-0.1, -0.05) is 32.9 Å². The van der Waals surface area contributed by atoms with Crippen LogP contribution < -0.4 is 0 Å². The Labute approximate surface area is 145 Å². The number of hydrogen-bond acceptors (Lipinski definition) is 3. The second kappa shape index (κ2) is 6.30. The third kappa shape index (κ3) is 2.95. The molecule has 4 nitrogen and oxygen atoms in total. The van der Waals surface area contributed by atoms with Crippen LogP contribution in [0.1, 0.15) is 59.8 Å². The van der Waals surface area contributed by atoms with Crippen molar-refractivity contribution in [2.75, 3.05) is 0 Å². The SMILES string of the molecule is C=CC(C)(O)CCC1(C)C(C)CC(O)C2(C)C(C(=O)O)=CCCC12. The quantitative estimate of drug-likeness (QED) is 0.671. The summed E-state index contributed by atoms with van der Waals surface area (Å²) >= 11 is 0. The number of carboxylic acid groups (broad SMARTS) is 1. The molecule has 0 aromatic rings. The minimum absolute atomic E-state index is 0.0838. The van der Waals surface area contributed by atoms with Crippen LogP contribution in [0.15, 0.2) is 24.3 Å². The van der Waals surface area contributed by atoms with Gasteiger partial charge >= 0.3 is 5.97 Å². The molecule has 0 bridgehead atoms. The number of allylic oxidation sites excluding steroid dienone is 1. The molecule has 0 amide bonds. The van der Waals surface area contributed by atoms with E-state index in [1.165, 1.54) is 0 Å². The fourth-order valence-corrected chi connectivity index (χ4v) is 5.08. The maximum Gasteiger partial charge on any atom is 0.331 e. The molecule has 0 spiro atoms. The van der Waals surface area contributed by atoms with Gasteiger partial charge in [-0.15, -0.1) is 6.58 Å². The first-order chi connectivity index (χ1) is 11.0. The van der Waals surface area contributed by atoms with Crippen molar-refractivity contribution in [3.63, 3.8) is 0 Å². The molecule has 4 heteroatoms. The minimum atomic E-state index is -0.921. The number of fused-ring (bicyclic) bond motifs is 1. The zero-order valence-electron chi connectivity index (χ0n) is 15.4. The van der Waals surface area contributed by atoms with Gasteiger partial charge in [0.05, 0.1) is 11.7 Å². The molecule has 2 aliphatic carbocycles. The zero-order valence-corrected chi connectivity index (χ0v) is 15.4. The van der Waals surface area contributed by atoms with Gasteiger partial charge < -0.3 is 15.3 Å². The highest BCUT2D eigenvalue weighted by atomic mass is 16.4. The summed E-state index contributed by atoms with van der Waals surface area (Å²) in [4.78, 5) is 11.8. The average Bonchev–Trinajstić information content (AvgIpc) is 2.51. The van der Waals surface area contributed by atoms with Crippen LogP contribution in [0.5, 0.6) is 0 Å². The molecule has 0 aromatic heterocycles. The topological polar surface area (TPSA) is 77.8 Å². The van der Waals surface area contributed by atoms with E-state index in [-0.39, 0.29) is 17.3 Å². The third-order valence-corrected chi connectivity index (χ3v) is 7.14. The number of aliphatic hydroxyl groups excluding tert-OH is 1. The van der Waals surface area contributed by atoms with Gasteiger partial charge in [-0.05, 0) is 56.3 Å². The molecule has 0 aromatic carbocycles. The first-order valence-corrected chi connectivity index (χ1v) is 8.97. The summed E-state index contributed by atoms with van der Waals surface area (Å²) in [5.74, 6) is -0.573. The van der Waals surface area contributed by atoms with E-state index in [0.717, 1.165) is 19.3 Å². The highest BCUT2D eigenvalue weighted by Gasteiger charge is 2.59. The number of hydrogen-bond donors (Lipinski definition) is 3. The van der Waals surface area contributed by atoms with Crippen LogP contribution >= 0.6 is 0 Å². The molecule has 1 fully saturated rings. The summed E-state index contributed by atoms with van der Waals surface area (Å²) in [7, 11) is 0. The van der Waals surface area contributed by atoms with Crippen LogP contribution in [0.3, 0.4) is 0 Å². The largest absolute Gasteiger partial charge is 0.478 e. The van der Waals surface area contributed by atoms with E-state index < -0.39 is 23.1 Å². The van der Waals surface area contributed by atoms with Crippen molar-refractivity contribution in [1.29, 1.82) is 0 Å². The lowest BCUT2D eigenvalue weighted by Crippen LogP contribution is -2.58. The van der Waals surface area contributed by atoms with Gasteiger partial charge in [0.1, 0.15) is 0 Å². The standard InChI is InChI=1S/C20H32O4/c1-6-18(3,24)10-11-19(4)13(2)12-16(21)20(5)14(17(22)23)8-7-9-15(19)20/h6,8,13,15-16,21,24H,1,7,9-12H2,2-5H3,(H,22,23). The molecule has 6 unspecified atom stereocenters. The summed E-state index contributed by atoms with van der Waals surface area (Å²) in [5.41, 5.74) is -1.42. The summed E-state index contributed by atoms with van der Waals surface area (Å²) in [6.07, 6.45) is 6.28. The highest BCUT2D eigenvalue weighted by Crippen LogP contribution is 2.62. The Hall–Kier alpha value is -1.13. The Morgan fingerprint density at radius 3 is 2.67 bits per heavy atom. The molecule has 0 saturated heterocycles. The van der Waals surface area contributed by atoms with Crippen molar-refractivity contribution in [2.45, 2.75) is 71.5 Å². The lowest BCUT2D eigenvalue weighted by molar-refractivity contribution is -0.149. The van der Waals surface area contributed by atoms with Crippen LogP contribution in [0.25, 0.3) is 0 Å². The number of carboxylic acids is 1. The van der Waals surface area contributed by atoms with Crippen LogP contribution in [0, 0.1) is 22.7 Å². The van der Waals surface area contributed by atoms with Gasteiger partial charge in [0.15, 0.2) is 0 Å². The van der Waals surface area contributed by atoms with Gasteiger partial charge in [-0.25, -0.2) is 4.79 Å². The summed E-state index contributed by atoms with van der Waals surface area (Å²) in [6.45, 7) is 11.7. The predicted octanol–water partition coefficient (Wildman–Crippen LogP) is 3.54. The molecule has 3 N–H and O–H groups in total. The average molecular weight is 336 g/mol. The minimum Gasteiger partial charge on any atom is -0.478 e. The smallest absolute Gasteiger partial charge is 0.331 e. The van der Waals surface area contributed by atoms with Crippen molar-refractivity contribution in [2.24, 2.45) is 22.7 Å². The zero-order chi connectivity index (χ0) is 18.3. The summed E-state index contributed by atoms with van der Waals surface area (Å²) in [6, 6.07) is 0. The third-order valence-electron chi connectivity index (χ3n) is 7.14. The number of aliphatic hydroxyl groups is 2. The fraction of sp³-hybridized carbons (Fsp3) is 0.750. The molecule has 136 valence electrons.